The van der Waals surface area contributed by atoms with Gasteiger partial charge in [0.05, 0.1) is 7.11 Å². The highest BCUT2D eigenvalue weighted by Crippen LogP contribution is 2.35. The molecule has 31 heavy (non-hydrogen) atoms. The van der Waals surface area contributed by atoms with Gasteiger partial charge in [0.1, 0.15) is 28.0 Å². The first kappa shape index (κ1) is 20.2. The molecule has 8 heteroatoms. The zero-order valence-corrected chi connectivity index (χ0v) is 18.6. The maximum Gasteiger partial charge on any atom is 0.225 e. The van der Waals surface area contributed by atoms with Crippen LogP contribution in [-0.2, 0) is 4.79 Å². The van der Waals surface area contributed by atoms with Crippen LogP contribution in [0.4, 0.5) is 5.82 Å². The third kappa shape index (κ3) is 3.96. The molecule has 0 spiro atoms. The van der Waals surface area contributed by atoms with Gasteiger partial charge in [0.2, 0.25) is 5.91 Å². The topological polar surface area (TPSA) is 71.5 Å². The fourth-order valence-electron chi connectivity index (χ4n) is 4.66. The van der Waals surface area contributed by atoms with Crippen LogP contribution >= 0.6 is 11.5 Å². The zero-order chi connectivity index (χ0) is 21.2. The molecule has 0 unspecified atom stereocenters. The molecule has 3 heterocycles. The number of carbonyl (C=O) groups is 1. The first-order chi connectivity index (χ1) is 15.2. The number of piperazine rings is 1. The Balaban J connectivity index is 1.33. The maximum atomic E-state index is 12.9. The third-order valence-corrected chi connectivity index (χ3v) is 7.28. The van der Waals surface area contributed by atoms with Crippen LogP contribution in [0.3, 0.4) is 0 Å². The van der Waals surface area contributed by atoms with Gasteiger partial charge in [-0.2, -0.15) is 4.37 Å². The van der Waals surface area contributed by atoms with Crippen LogP contribution in [0, 0.1) is 5.92 Å². The Morgan fingerprint density at radius 3 is 2.48 bits per heavy atom. The summed E-state index contributed by atoms with van der Waals surface area (Å²) in [4.78, 5) is 26.3. The van der Waals surface area contributed by atoms with Gasteiger partial charge in [-0.1, -0.05) is 19.3 Å². The van der Waals surface area contributed by atoms with Gasteiger partial charge in [-0.25, -0.2) is 9.97 Å². The molecule has 1 aliphatic heterocycles. The predicted octanol–water partition coefficient (Wildman–Crippen LogP) is 3.99. The van der Waals surface area contributed by atoms with E-state index in [1.807, 2.05) is 24.3 Å². The first-order valence-electron chi connectivity index (χ1n) is 11.0. The number of amides is 1. The van der Waals surface area contributed by atoms with E-state index in [0.29, 0.717) is 5.91 Å². The van der Waals surface area contributed by atoms with Crippen molar-refractivity contribution in [1.82, 2.24) is 19.2 Å². The van der Waals surface area contributed by atoms with Crippen molar-refractivity contribution in [2.45, 2.75) is 32.1 Å². The Morgan fingerprint density at radius 1 is 1.03 bits per heavy atom. The van der Waals surface area contributed by atoms with Gasteiger partial charge >= 0.3 is 0 Å². The van der Waals surface area contributed by atoms with Crippen molar-refractivity contribution in [1.29, 1.82) is 0 Å². The molecule has 0 N–H and O–H groups in total. The second-order valence-corrected chi connectivity index (χ2v) is 9.06. The van der Waals surface area contributed by atoms with Gasteiger partial charge in [-0.05, 0) is 48.6 Å². The van der Waals surface area contributed by atoms with Crippen molar-refractivity contribution >= 4 is 33.5 Å². The minimum atomic E-state index is 0.236. The number of fused-ring (bicyclic) bond motifs is 1. The molecule has 0 bridgehead atoms. The Bertz CT molecular complexity index is 1050. The number of nitrogens with zero attached hydrogens (tertiary/aromatic N) is 5. The van der Waals surface area contributed by atoms with E-state index < -0.39 is 0 Å². The highest BCUT2D eigenvalue weighted by Gasteiger charge is 2.29. The van der Waals surface area contributed by atoms with Crippen LogP contribution < -0.4 is 9.64 Å². The SMILES string of the molecule is COc1ccc(-c2nsc3c(N4CCN(C(=O)C5CCCCC5)CC4)ncnc23)cc1. The van der Waals surface area contributed by atoms with Gasteiger partial charge in [-0.3, -0.25) is 4.79 Å². The number of hydrogen-bond donors (Lipinski definition) is 0. The number of rotatable bonds is 4. The summed E-state index contributed by atoms with van der Waals surface area (Å²) in [5.74, 6) is 2.33. The molecule has 7 nitrogen and oxygen atoms in total. The zero-order valence-electron chi connectivity index (χ0n) is 17.8. The lowest BCUT2D eigenvalue weighted by Gasteiger charge is -2.37. The van der Waals surface area contributed by atoms with Gasteiger partial charge in [0.15, 0.2) is 5.82 Å². The number of aromatic nitrogens is 3. The molecule has 1 amide bonds. The van der Waals surface area contributed by atoms with E-state index in [0.717, 1.165) is 72.1 Å². The van der Waals surface area contributed by atoms with Crippen molar-refractivity contribution < 1.29 is 9.53 Å². The van der Waals surface area contributed by atoms with E-state index in [1.165, 1.54) is 30.8 Å². The predicted molar refractivity (Wildman–Crippen MR) is 123 cm³/mol. The van der Waals surface area contributed by atoms with Crippen LogP contribution in [0.25, 0.3) is 21.5 Å². The van der Waals surface area contributed by atoms with Crippen LogP contribution in [0.2, 0.25) is 0 Å². The molecular formula is C23H27N5O2S. The minimum Gasteiger partial charge on any atom is -0.497 e. The fourth-order valence-corrected chi connectivity index (χ4v) is 5.54. The van der Waals surface area contributed by atoms with E-state index in [4.69, 9.17) is 4.74 Å². The monoisotopic (exact) mass is 437 g/mol. The summed E-state index contributed by atoms with van der Waals surface area (Å²) in [5.41, 5.74) is 2.76. The number of hydrogen-bond acceptors (Lipinski definition) is 7. The highest BCUT2D eigenvalue weighted by molar-refractivity contribution is 7.14. The largest absolute Gasteiger partial charge is 0.497 e. The summed E-state index contributed by atoms with van der Waals surface area (Å²) in [6, 6.07) is 7.88. The Labute approximate surface area is 186 Å². The van der Waals surface area contributed by atoms with Crippen molar-refractivity contribution in [3.8, 4) is 17.0 Å². The number of carbonyl (C=O) groups excluding carboxylic acids is 1. The summed E-state index contributed by atoms with van der Waals surface area (Å²) in [5, 5.41) is 0. The lowest BCUT2D eigenvalue weighted by atomic mass is 9.88. The normalized spacial score (nSPS) is 17.8. The van der Waals surface area contributed by atoms with Gasteiger partial charge in [0.25, 0.3) is 0 Å². The summed E-state index contributed by atoms with van der Waals surface area (Å²) in [6.45, 7) is 3.09. The van der Waals surface area contributed by atoms with E-state index in [1.54, 1.807) is 13.4 Å². The number of methoxy groups -OCH3 is 1. The summed E-state index contributed by atoms with van der Waals surface area (Å²) < 4.78 is 10.9. The number of benzene rings is 1. The minimum absolute atomic E-state index is 0.236. The van der Waals surface area contributed by atoms with Gasteiger partial charge in [0, 0.05) is 37.7 Å². The van der Waals surface area contributed by atoms with Crippen molar-refractivity contribution in [3.63, 3.8) is 0 Å². The molecule has 0 atom stereocenters. The molecular weight excluding hydrogens is 410 g/mol. The van der Waals surface area contributed by atoms with Gasteiger partial charge < -0.3 is 14.5 Å². The van der Waals surface area contributed by atoms with Crippen molar-refractivity contribution in [2.75, 3.05) is 38.2 Å². The average molecular weight is 438 g/mol. The smallest absolute Gasteiger partial charge is 0.225 e. The quantitative estimate of drug-likeness (QED) is 0.615. The number of anilines is 1. The van der Waals surface area contributed by atoms with E-state index in [-0.39, 0.29) is 5.92 Å². The molecule has 1 aliphatic carbocycles. The van der Waals surface area contributed by atoms with Crippen LogP contribution in [0.5, 0.6) is 5.75 Å². The highest BCUT2D eigenvalue weighted by atomic mass is 32.1. The molecule has 162 valence electrons. The molecule has 1 aromatic carbocycles. The molecule has 3 aromatic rings. The lowest BCUT2D eigenvalue weighted by molar-refractivity contribution is -0.136. The van der Waals surface area contributed by atoms with Crippen molar-refractivity contribution in [3.05, 3.63) is 30.6 Å². The van der Waals surface area contributed by atoms with E-state index in [9.17, 15) is 4.79 Å². The van der Waals surface area contributed by atoms with E-state index >= 15 is 0 Å². The van der Waals surface area contributed by atoms with Crippen molar-refractivity contribution in [2.24, 2.45) is 5.92 Å². The van der Waals surface area contributed by atoms with Crippen LogP contribution in [-0.4, -0.2) is 58.4 Å². The summed E-state index contributed by atoms with van der Waals surface area (Å²) in [6.07, 6.45) is 7.39. The molecule has 5 rings (SSSR count). The summed E-state index contributed by atoms with van der Waals surface area (Å²) >= 11 is 1.44. The van der Waals surface area contributed by atoms with Crippen LogP contribution in [0.1, 0.15) is 32.1 Å². The molecule has 1 saturated heterocycles. The van der Waals surface area contributed by atoms with Crippen LogP contribution in [0.15, 0.2) is 30.6 Å². The molecule has 2 fully saturated rings. The molecule has 1 saturated carbocycles. The Morgan fingerprint density at radius 2 is 1.77 bits per heavy atom. The lowest BCUT2D eigenvalue weighted by Crippen LogP contribution is -2.50. The first-order valence-corrected chi connectivity index (χ1v) is 11.8. The molecule has 2 aromatic heterocycles. The standard InChI is InChI=1S/C23H27N5O2S/c1-30-18-9-7-16(8-10-18)19-20-21(31-26-19)22(25-15-24-20)27-11-13-28(14-12-27)23(29)17-5-3-2-4-6-17/h7-10,15,17H,2-6,11-14H2,1H3. The van der Waals surface area contributed by atoms with Gasteiger partial charge in [-0.15, -0.1) is 0 Å². The Hall–Kier alpha value is -2.74. The van der Waals surface area contributed by atoms with E-state index in [2.05, 4.69) is 24.1 Å². The second kappa shape index (κ2) is 8.78. The number of ether oxygens (including phenoxy) is 1. The Kier molecular flexibility index (Phi) is 5.72. The molecule has 2 aliphatic rings. The maximum absolute atomic E-state index is 12.9. The molecule has 0 radical (unpaired) electrons. The second-order valence-electron chi connectivity index (χ2n) is 8.28. The average Bonchev–Trinajstić information content (AvgIpc) is 3.29. The third-order valence-electron chi connectivity index (χ3n) is 6.45. The summed E-state index contributed by atoms with van der Waals surface area (Å²) in [7, 11) is 1.66. The fraction of sp³-hybridized carbons (Fsp3) is 0.478.